The van der Waals surface area contributed by atoms with Gasteiger partial charge in [-0.15, -0.1) is 0 Å². The first-order valence-corrected chi connectivity index (χ1v) is 9.46. The normalized spacial score (nSPS) is 10.7. The first-order valence-electron chi connectivity index (χ1n) is 9.46. The lowest BCUT2D eigenvalue weighted by Crippen LogP contribution is -2.25. The number of benzene rings is 2. The van der Waals surface area contributed by atoms with Gasteiger partial charge in [-0.3, -0.25) is 4.98 Å². The number of carbonyl (C=O) groups is 1. The highest BCUT2D eigenvalue weighted by molar-refractivity contribution is 5.95. The van der Waals surface area contributed by atoms with Crippen LogP contribution in [0.4, 0.5) is 4.79 Å². The van der Waals surface area contributed by atoms with Gasteiger partial charge in [0.1, 0.15) is 11.3 Å². The maximum Gasteiger partial charge on any atom is 0.414 e. The Balaban J connectivity index is 1.90. The lowest BCUT2D eigenvalue weighted by Gasteiger charge is -2.14. The van der Waals surface area contributed by atoms with Gasteiger partial charge in [-0.1, -0.05) is 30.3 Å². The average Bonchev–Trinajstić information content (AvgIpc) is 2.75. The number of fused-ring (bicyclic) bond motifs is 1. The van der Waals surface area contributed by atoms with E-state index in [1.54, 1.807) is 44.7 Å². The average molecular weight is 400 g/mol. The van der Waals surface area contributed by atoms with Gasteiger partial charge in [-0.05, 0) is 35.4 Å². The smallest absolute Gasteiger partial charge is 0.414 e. The number of rotatable bonds is 4. The summed E-state index contributed by atoms with van der Waals surface area (Å²) in [5.41, 5.74) is 3.17. The molecule has 4 rings (SSSR count). The second kappa shape index (κ2) is 8.21. The van der Waals surface area contributed by atoms with Gasteiger partial charge < -0.3 is 14.1 Å². The zero-order valence-electron chi connectivity index (χ0n) is 16.7. The Hall–Kier alpha value is -3.93. The first kappa shape index (κ1) is 19.4. The van der Waals surface area contributed by atoms with Crippen LogP contribution in [0.5, 0.6) is 5.75 Å². The Morgan fingerprint density at radius 2 is 1.77 bits per heavy atom. The van der Waals surface area contributed by atoms with Crippen molar-refractivity contribution in [3.8, 4) is 16.9 Å². The molecule has 0 saturated carbocycles. The van der Waals surface area contributed by atoms with Crippen molar-refractivity contribution in [3.63, 3.8) is 0 Å². The molecule has 2 heterocycles. The van der Waals surface area contributed by atoms with Crippen LogP contribution in [-0.4, -0.2) is 30.1 Å². The van der Waals surface area contributed by atoms with E-state index in [1.807, 2.05) is 42.5 Å². The van der Waals surface area contributed by atoms with Crippen molar-refractivity contribution in [1.29, 1.82) is 0 Å². The molecule has 0 aliphatic rings. The molecule has 0 spiro atoms. The maximum atomic E-state index is 13.0. The van der Waals surface area contributed by atoms with E-state index < -0.39 is 11.7 Å². The monoisotopic (exact) mass is 400 g/mol. The van der Waals surface area contributed by atoms with Crippen LogP contribution in [0, 0.1) is 0 Å². The number of hydrogen-bond acceptors (Lipinski definition) is 5. The number of carbonyl (C=O) groups excluding carboxylic acids is 1. The van der Waals surface area contributed by atoms with Crippen molar-refractivity contribution in [3.05, 3.63) is 94.6 Å². The van der Waals surface area contributed by atoms with Gasteiger partial charge in [0, 0.05) is 49.9 Å². The van der Waals surface area contributed by atoms with Crippen LogP contribution in [0.1, 0.15) is 11.1 Å². The van der Waals surface area contributed by atoms with Crippen molar-refractivity contribution in [2.45, 2.75) is 6.42 Å². The second-order valence-corrected chi connectivity index (χ2v) is 7.06. The van der Waals surface area contributed by atoms with Gasteiger partial charge in [-0.2, -0.15) is 0 Å². The molecule has 0 radical (unpaired) electrons. The molecule has 1 amide bonds. The minimum atomic E-state index is -0.508. The van der Waals surface area contributed by atoms with Crippen LogP contribution in [-0.2, 0) is 6.42 Å². The zero-order valence-corrected chi connectivity index (χ0v) is 16.7. The lowest BCUT2D eigenvalue weighted by molar-refractivity contribution is 0.172. The quantitative estimate of drug-likeness (QED) is 0.472. The highest BCUT2D eigenvalue weighted by atomic mass is 16.6. The number of amides is 1. The van der Waals surface area contributed by atoms with Gasteiger partial charge in [0.15, 0.2) is 0 Å². The van der Waals surface area contributed by atoms with Crippen LogP contribution in [0.3, 0.4) is 0 Å². The molecule has 0 aliphatic carbocycles. The molecule has 0 fully saturated rings. The number of nitrogens with zero attached hydrogens (tertiary/aromatic N) is 2. The summed E-state index contributed by atoms with van der Waals surface area (Å²) >= 11 is 0. The summed E-state index contributed by atoms with van der Waals surface area (Å²) in [5.74, 6) is 0.306. The third-order valence-corrected chi connectivity index (χ3v) is 4.74. The van der Waals surface area contributed by atoms with Crippen LogP contribution < -0.4 is 10.4 Å². The summed E-state index contributed by atoms with van der Waals surface area (Å²) in [5, 5.41) is 0.761. The number of ether oxygens (including phenoxy) is 1. The van der Waals surface area contributed by atoms with Crippen molar-refractivity contribution < 1.29 is 13.9 Å². The Labute approximate surface area is 173 Å². The molecule has 0 N–H and O–H groups in total. The molecule has 4 aromatic rings. The van der Waals surface area contributed by atoms with E-state index in [1.165, 1.54) is 4.90 Å². The predicted octanol–water partition coefficient (Wildman–Crippen LogP) is 4.51. The summed E-state index contributed by atoms with van der Waals surface area (Å²) in [6.45, 7) is 0. The van der Waals surface area contributed by atoms with Gasteiger partial charge in [0.2, 0.25) is 0 Å². The van der Waals surface area contributed by atoms with E-state index >= 15 is 0 Å². The molecule has 0 saturated heterocycles. The highest BCUT2D eigenvalue weighted by Crippen LogP contribution is 2.33. The minimum Gasteiger partial charge on any atom is -0.422 e. The van der Waals surface area contributed by atoms with E-state index in [2.05, 4.69) is 4.98 Å². The van der Waals surface area contributed by atoms with E-state index in [4.69, 9.17) is 9.15 Å². The molecular formula is C24H20N2O4. The van der Waals surface area contributed by atoms with Gasteiger partial charge >= 0.3 is 11.7 Å². The molecule has 0 unspecified atom stereocenters. The number of hydrogen-bond donors (Lipinski definition) is 0. The minimum absolute atomic E-state index is 0.306. The van der Waals surface area contributed by atoms with Crippen LogP contribution in [0.25, 0.3) is 22.1 Å². The summed E-state index contributed by atoms with van der Waals surface area (Å²) in [7, 11) is 3.20. The molecule has 6 nitrogen and oxygen atoms in total. The van der Waals surface area contributed by atoms with Crippen molar-refractivity contribution >= 4 is 17.1 Å². The SMILES string of the molecule is CN(C)C(=O)Oc1ccc2c(-c3ccncc3)c(Cc3ccccc3)c(=O)oc2c1. The number of pyridine rings is 1. The van der Waals surface area contributed by atoms with E-state index in [-0.39, 0.29) is 0 Å². The summed E-state index contributed by atoms with van der Waals surface area (Å²) < 4.78 is 10.9. The fourth-order valence-corrected chi connectivity index (χ4v) is 3.28. The van der Waals surface area contributed by atoms with Crippen molar-refractivity contribution in [2.24, 2.45) is 0 Å². The summed E-state index contributed by atoms with van der Waals surface area (Å²) in [6.07, 6.45) is 3.31. The first-order chi connectivity index (χ1) is 14.5. The maximum absolute atomic E-state index is 13.0. The molecule has 6 heteroatoms. The van der Waals surface area contributed by atoms with Gasteiger partial charge in [-0.25, -0.2) is 9.59 Å². The van der Waals surface area contributed by atoms with E-state index in [9.17, 15) is 9.59 Å². The van der Waals surface area contributed by atoms with E-state index in [0.717, 1.165) is 22.1 Å². The van der Waals surface area contributed by atoms with Gasteiger partial charge in [0.25, 0.3) is 0 Å². The molecule has 0 aliphatic heterocycles. The standard InChI is InChI=1S/C24H20N2O4/c1-26(2)24(28)29-18-8-9-19-21(15-18)30-23(27)20(14-16-6-4-3-5-7-16)22(19)17-10-12-25-13-11-17/h3-13,15H,14H2,1-2H3. The largest absolute Gasteiger partial charge is 0.422 e. The second-order valence-electron chi connectivity index (χ2n) is 7.06. The Kier molecular flexibility index (Phi) is 5.30. The Bertz CT molecular complexity index is 1250. The molecule has 0 bridgehead atoms. The van der Waals surface area contributed by atoms with Crippen LogP contribution in [0.2, 0.25) is 0 Å². The Morgan fingerprint density at radius 1 is 1.03 bits per heavy atom. The summed E-state index contributed by atoms with van der Waals surface area (Å²) in [4.78, 5) is 30.3. The third kappa shape index (κ3) is 3.93. The van der Waals surface area contributed by atoms with Crippen molar-refractivity contribution in [2.75, 3.05) is 14.1 Å². The zero-order chi connectivity index (χ0) is 21.1. The predicted molar refractivity (Wildman–Crippen MR) is 115 cm³/mol. The third-order valence-electron chi connectivity index (χ3n) is 4.74. The Morgan fingerprint density at radius 3 is 2.47 bits per heavy atom. The fraction of sp³-hybridized carbons (Fsp3) is 0.125. The van der Waals surface area contributed by atoms with Gasteiger partial charge in [0.05, 0.1) is 5.56 Å². The summed E-state index contributed by atoms with van der Waals surface area (Å²) in [6, 6.07) is 18.6. The topological polar surface area (TPSA) is 72.6 Å². The fourth-order valence-electron chi connectivity index (χ4n) is 3.28. The molecule has 2 aromatic heterocycles. The molecule has 150 valence electrons. The van der Waals surface area contributed by atoms with E-state index in [0.29, 0.717) is 23.3 Å². The lowest BCUT2D eigenvalue weighted by atomic mass is 9.94. The molecule has 30 heavy (non-hydrogen) atoms. The van der Waals surface area contributed by atoms with Crippen molar-refractivity contribution in [1.82, 2.24) is 9.88 Å². The highest BCUT2D eigenvalue weighted by Gasteiger charge is 2.18. The molecular weight excluding hydrogens is 380 g/mol. The van der Waals surface area contributed by atoms with Crippen LogP contribution in [0.15, 0.2) is 82.3 Å². The molecule has 2 aromatic carbocycles. The molecule has 0 atom stereocenters. The van der Waals surface area contributed by atoms with Crippen LogP contribution >= 0.6 is 0 Å². The number of aromatic nitrogens is 1.